The van der Waals surface area contributed by atoms with Crippen molar-refractivity contribution < 1.29 is 17.4 Å². The Labute approximate surface area is 91.0 Å². The van der Waals surface area contributed by atoms with Crippen molar-refractivity contribution in [1.29, 1.82) is 0 Å². The molecule has 0 radical (unpaired) electrons. The highest BCUT2D eigenvalue weighted by Crippen LogP contribution is 2.08. The highest BCUT2D eigenvalue weighted by molar-refractivity contribution is 7.84. The van der Waals surface area contributed by atoms with Crippen LogP contribution in [0.5, 0.6) is 0 Å². The highest BCUT2D eigenvalue weighted by Gasteiger charge is 2.27. The lowest BCUT2D eigenvalue weighted by atomic mass is 10.4. The molecular formula is C8H18N2O4S. The lowest BCUT2D eigenvalue weighted by molar-refractivity contribution is -0.167. The highest BCUT2D eigenvalue weighted by atomic mass is 32.2. The van der Waals surface area contributed by atoms with Crippen LogP contribution < -0.4 is 0 Å². The normalized spacial score (nSPS) is 20.7. The molecule has 0 aromatic carbocycles. The second-order valence-corrected chi connectivity index (χ2v) is 4.72. The van der Waals surface area contributed by atoms with E-state index in [0.29, 0.717) is 32.8 Å². The van der Waals surface area contributed by atoms with Crippen LogP contribution in [-0.2, 0) is 19.3 Å². The first kappa shape index (κ1) is 12.9. The molecular weight excluding hydrogens is 220 g/mol. The molecule has 7 heteroatoms. The molecule has 0 unspecified atom stereocenters. The second-order valence-electron chi connectivity index (χ2n) is 3.11. The Morgan fingerprint density at radius 2 is 1.67 bits per heavy atom. The first-order chi connectivity index (χ1) is 7.10. The minimum atomic E-state index is -3.52. The smallest absolute Gasteiger partial charge is 0.299 e. The van der Waals surface area contributed by atoms with Crippen LogP contribution in [0.15, 0.2) is 0 Å². The molecule has 0 saturated carbocycles. The first-order valence-electron chi connectivity index (χ1n) is 5.12. The quantitative estimate of drug-likeness (QED) is 0.666. The van der Waals surface area contributed by atoms with Gasteiger partial charge in [0.2, 0.25) is 0 Å². The predicted molar refractivity (Wildman–Crippen MR) is 55.3 cm³/mol. The van der Waals surface area contributed by atoms with Crippen molar-refractivity contribution >= 4 is 10.3 Å². The Morgan fingerprint density at radius 1 is 1.07 bits per heavy atom. The maximum absolute atomic E-state index is 11.5. The molecule has 6 nitrogen and oxygen atoms in total. The van der Waals surface area contributed by atoms with Crippen molar-refractivity contribution in [2.45, 2.75) is 13.8 Å². The van der Waals surface area contributed by atoms with Crippen molar-refractivity contribution in [3.05, 3.63) is 0 Å². The van der Waals surface area contributed by atoms with Crippen LogP contribution in [0.1, 0.15) is 13.8 Å². The predicted octanol–water partition coefficient (Wildman–Crippen LogP) is -0.163. The summed E-state index contributed by atoms with van der Waals surface area (Å²) in [4.78, 5) is 5.27. The van der Waals surface area contributed by atoms with Gasteiger partial charge >= 0.3 is 10.3 Å². The van der Waals surface area contributed by atoms with Crippen molar-refractivity contribution in [2.24, 2.45) is 0 Å². The van der Waals surface area contributed by atoms with Gasteiger partial charge in [-0.25, -0.2) is 0 Å². The minimum absolute atomic E-state index is 0.175. The van der Waals surface area contributed by atoms with Gasteiger partial charge in [-0.2, -0.15) is 17.8 Å². The van der Waals surface area contributed by atoms with Gasteiger partial charge in [-0.1, -0.05) is 0 Å². The number of piperazine rings is 1. The third kappa shape index (κ3) is 3.69. The van der Waals surface area contributed by atoms with Crippen molar-refractivity contribution in [3.63, 3.8) is 0 Å². The molecule has 0 N–H and O–H groups in total. The standard InChI is InChI=1S/C8H18N2O4S/c1-3-13-9-5-7-10(8-6-9)15(11,12)14-4-2/h3-8H2,1-2H3. The zero-order valence-electron chi connectivity index (χ0n) is 9.18. The SMILES string of the molecule is CCON1CCN(S(=O)(=O)OCC)CC1. The van der Waals surface area contributed by atoms with Crippen LogP contribution in [0, 0.1) is 0 Å². The fourth-order valence-corrected chi connectivity index (χ4v) is 2.49. The van der Waals surface area contributed by atoms with E-state index in [0.717, 1.165) is 0 Å². The molecule has 15 heavy (non-hydrogen) atoms. The average Bonchev–Trinajstić information content (AvgIpc) is 2.19. The van der Waals surface area contributed by atoms with E-state index >= 15 is 0 Å². The Balaban J connectivity index is 2.43. The average molecular weight is 238 g/mol. The molecule has 1 rings (SSSR count). The summed E-state index contributed by atoms with van der Waals surface area (Å²) >= 11 is 0. The van der Waals surface area contributed by atoms with Gasteiger partial charge in [0, 0.05) is 26.2 Å². The number of rotatable bonds is 5. The lowest BCUT2D eigenvalue weighted by Gasteiger charge is -2.32. The molecule has 1 heterocycles. The zero-order chi connectivity index (χ0) is 11.3. The van der Waals surface area contributed by atoms with Crippen molar-refractivity contribution in [2.75, 3.05) is 39.4 Å². The number of hydroxylamine groups is 2. The van der Waals surface area contributed by atoms with E-state index < -0.39 is 10.3 Å². The fourth-order valence-electron chi connectivity index (χ4n) is 1.43. The molecule has 0 spiro atoms. The third-order valence-corrected chi connectivity index (χ3v) is 3.62. The van der Waals surface area contributed by atoms with Gasteiger partial charge in [0.25, 0.3) is 0 Å². The van der Waals surface area contributed by atoms with Crippen LogP contribution in [-0.4, -0.2) is 57.2 Å². The zero-order valence-corrected chi connectivity index (χ0v) is 9.99. The number of hydrogen-bond acceptors (Lipinski definition) is 5. The van der Waals surface area contributed by atoms with Gasteiger partial charge in [0.05, 0.1) is 13.2 Å². The van der Waals surface area contributed by atoms with Crippen molar-refractivity contribution in [1.82, 2.24) is 9.37 Å². The van der Waals surface area contributed by atoms with Crippen LogP contribution in [0.4, 0.5) is 0 Å². The Bertz CT molecular complexity index is 272. The molecule has 0 aromatic heterocycles. The molecule has 1 fully saturated rings. The van der Waals surface area contributed by atoms with Gasteiger partial charge in [0.15, 0.2) is 0 Å². The van der Waals surface area contributed by atoms with E-state index in [-0.39, 0.29) is 6.61 Å². The van der Waals surface area contributed by atoms with E-state index in [2.05, 4.69) is 0 Å². The third-order valence-electron chi connectivity index (χ3n) is 2.09. The molecule has 0 aromatic rings. The minimum Gasteiger partial charge on any atom is -0.299 e. The van der Waals surface area contributed by atoms with E-state index in [9.17, 15) is 8.42 Å². The van der Waals surface area contributed by atoms with Crippen LogP contribution in [0.3, 0.4) is 0 Å². The van der Waals surface area contributed by atoms with Crippen LogP contribution in [0.2, 0.25) is 0 Å². The van der Waals surface area contributed by atoms with E-state index in [1.807, 2.05) is 6.92 Å². The topological polar surface area (TPSA) is 59.1 Å². The Morgan fingerprint density at radius 3 is 2.13 bits per heavy atom. The molecule has 1 aliphatic rings. The van der Waals surface area contributed by atoms with Crippen LogP contribution in [0.25, 0.3) is 0 Å². The summed E-state index contributed by atoms with van der Waals surface area (Å²) in [6.07, 6.45) is 0. The van der Waals surface area contributed by atoms with Crippen LogP contribution >= 0.6 is 0 Å². The molecule has 0 atom stereocenters. The summed E-state index contributed by atoms with van der Waals surface area (Å²) in [5.41, 5.74) is 0. The summed E-state index contributed by atoms with van der Waals surface area (Å²) in [6, 6.07) is 0. The summed E-state index contributed by atoms with van der Waals surface area (Å²) in [7, 11) is -3.52. The largest absolute Gasteiger partial charge is 0.338 e. The molecule has 0 aliphatic carbocycles. The molecule has 0 amide bonds. The van der Waals surface area contributed by atoms with Gasteiger partial charge < -0.3 is 0 Å². The van der Waals surface area contributed by atoms with Crippen molar-refractivity contribution in [3.8, 4) is 0 Å². The summed E-state index contributed by atoms with van der Waals surface area (Å²) in [5, 5.41) is 1.78. The lowest BCUT2D eigenvalue weighted by Crippen LogP contribution is -2.48. The fraction of sp³-hybridized carbons (Fsp3) is 1.00. The van der Waals surface area contributed by atoms with Gasteiger partial charge in [-0.15, -0.1) is 0 Å². The maximum Gasteiger partial charge on any atom is 0.338 e. The monoisotopic (exact) mass is 238 g/mol. The Hall–Kier alpha value is -0.210. The van der Waals surface area contributed by atoms with Gasteiger partial charge in [-0.05, 0) is 13.8 Å². The Kier molecular flexibility index (Phi) is 4.94. The molecule has 1 aliphatic heterocycles. The summed E-state index contributed by atoms with van der Waals surface area (Å²) in [6.45, 7) is 6.36. The first-order valence-corrected chi connectivity index (χ1v) is 6.49. The summed E-state index contributed by atoms with van der Waals surface area (Å²) in [5.74, 6) is 0. The number of nitrogens with zero attached hydrogens (tertiary/aromatic N) is 2. The maximum atomic E-state index is 11.5. The second kappa shape index (κ2) is 5.76. The molecule has 0 bridgehead atoms. The van der Waals surface area contributed by atoms with Gasteiger partial charge in [0.1, 0.15) is 0 Å². The number of hydrogen-bond donors (Lipinski definition) is 0. The van der Waals surface area contributed by atoms with E-state index in [4.69, 9.17) is 9.02 Å². The molecule has 1 saturated heterocycles. The summed E-state index contributed by atoms with van der Waals surface area (Å²) < 4.78 is 29.0. The van der Waals surface area contributed by atoms with Gasteiger partial charge in [-0.3, -0.25) is 9.02 Å². The molecule has 90 valence electrons. The van der Waals surface area contributed by atoms with E-state index in [1.54, 1.807) is 12.0 Å². The van der Waals surface area contributed by atoms with E-state index in [1.165, 1.54) is 4.31 Å².